The Balaban J connectivity index is 1.88. The summed E-state index contributed by atoms with van der Waals surface area (Å²) < 4.78 is 7.24. The van der Waals surface area contributed by atoms with Crippen LogP contribution in [-0.2, 0) is 18.2 Å². The lowest BCUT2D eigenvalue weighted by atomic mass is 10.0. The summed E-state index contributed by atoms with van der Waals surface area (Å²) in [6, 6.07) is 2.06. The molecule has 0 radical (unpaired) electrons. The summed E-state index contributed by atoms with van der Waals surface area (Å²) in [5, 5.41) is 7.74. The molecule has 2 aromatic heterocycles. The highest BCUT2D eigenvalue weighted by atomic mass is 16.5. The van der Waals surface area contributed by atoms with Crippen LogP contribution < -0.4 is 10.2 Å². The molecule has 8 nitrogen and oxygen atoms in total. The van der Waals surface area contributed by atoms with E-state index >= 15 is 0 Å². The van der Waals surface area contributed by atoms with Gasteiger partial charge in [-0.15, -0.1) is 0 Å². The third-order valence-electron chi connectivity index (χ3n) is 4.42. The Morgan fingerprint density at radius 1 is 1.24 bits per heavy atom. The smallest absolute Gasteiger partial charge is 0.227 e. The van der Waals surface area contributed by atoms with Crippen LogP contribution in [0, 0.1) is 5.92 Å². The van der Waals surface area contributed by atoms with Gasteiger partial charge >= 0.3 is 0 Å². The molecule has 1 saturated heterocycles. The number of hydrogen-bond acceptors (Lipinski definition) is 7. The van der Waals surface area contributed by atoms with E-state index in [1.54, 1.807) is 6.33 Å². The normalized spacial score (nSPS) is 16.3. The van der Waals surface area contributed by atoms with E-state index in [0.717, 1.165) is 56.0 Å². The average Bonchev–Trinajstić information content (AvgIpc) is 3.05. The van der Waals surface area contributed by atoms with E-state index < -0.39 is 0 Å². The molecule has 1 aliphatic heterocycles. The van der Waals surface area contributed by atoms with Crippen molar-refractivity contribution in [2.24, 2.45) is 13.0 Å². The molecule has 25 heavy (non-hydrogen) atoms. The fraction of sp³-hybridized carbons (Fsp3) is 0.647. The Morgan fingerprint density at radius 2 is 2.00 bits per heavy atom. The first-order valence-corrected chi connectivity index (χ1v) is 8.89. The van der Waals surface area contributed by atoms with Gasteiger partial charge in [0.15, 0.2) is 0 Å². The molecule has 0 amide bonds. The Kier molecular flexibility index (Phi) is 5.47. The van der Waals surface area contributed by atoms with Crippen LogP contribution in [0.1, 0.15) is 38.3 Å². The Morgan fingerprint density at radius 3 is 2.60 bits per heavy atom. The quantitative estimate of drug-likeness (QED) is 0.855. The van der Waals surface area contributed by atoms with Crippen LogP contribution in [0.3, 0.4) is 0 Å². The number of nitrogens with zero attached hydrogens (tertiary/aromatic N) is 6. The van der Waals surface area contributed by atoms with Crippen molar-refractivity contribution in [3.63, 3.8) is 0 Å². The summed E-state index contributed by atoms with van der Waals surface area (Å²) in [6.45, 7) is 9.52. The van der Waals surface area contributed by atoms with Crippen LogP contribution in [0.2, 0.25) is 0 Å². The van der Waals surface area contributed by atoms with Crippen molar-refractivity contribution in [1.82, 2.24) is 24.7 Å². The molecule has 1 unspecified atom stereocenters. The first kappa shape index (κ1) is 17.6. The minimum absolute atomic E-state index is 0.0321. The standard InChI is InChI=1S/C17H27N7O/c1-5-13-10-14(22-17(20-13)24-6-8-25-9-7-24)21-15(12(2)3)16-18-11-19-23(16)4/h10-12,15H,5-9H2,1-4H3,(H,20,21,22). The summed E-state index contributed by atoms with van der Waals surface area (Å²) in [5.41, 5.74) is 1.03. The zero-order valence-corrected chi connectivity index (χ0v) is 15.4. The number of hydrogen-bond donors (Lipinski definition) is 1. The lowest BCUT2D eigenvalue weighted by Gasteiger charge is -2.28. The third kappa shape index (κ3) is 4.07. The number of ether oxygens (including phenoxy) is 1. The van der Waals surface area contributed by atoms with Crippen molar-refractivity contribution < 1.29 is 4.74 Å². The van der Waals surface area contributed by atoms with E-state index in [9.17, 15) is 0 Å². The Bertz CT molecular complexity index is 694. The number of morpholine rings is 1. The molecule has 0 spiro atoms. The van der Waals surface area contributed by atoms with Gasteiger partial charge in [0.1, 0.15) is 18.0 Å². The molecule has 0 saturated carbocycles. The minimum atomic E-state index is 0.0321. The second-order valence-electron chi connectivity index (χ2n) is 6.61. The van der Waals surface area contributed by atoms with Gasteiger partial charge in [0.2, 0.25) is 5.95 Å². The number of rotatable bonds is 6. The number of nitrogens with one attached hydrogen (secondary N) is 1. The van der Waals surface area contributed by atoms with Crippen LogP contribution in [0.25, 0.3) is 0 Å². The lowest BCUT2D eigenvalue weighted by Crippen LogP contribution is -2.37. The van der Waals surface area contributed by atoms with Crippen molar-refractivity contribution in [3.8, 4) is 0 Å². The molecule has 0 bridgehead atoms. The Hall–Kier alpha value is -2.22. The zero-order valence-electron chi connectivity index (χ0n) is 15.4. The molecule has 1 N–H and O–H groups in total. The molecule has 2 aromatic rings. The van der Waals surface area contributed by atoms with Gasteiger partial charge in [-0.2, -0.15) is 10.1 Å². The molecule has 3 rings (SSSR count). The number of aromatic nitrogens is 5. The SMILES string of the molecule is CCc1cc(NC(c2ncnn2C)C(C)C)nc(N2CCOCC2)n1. The molecule has 0 aliphatic carbocycles. The molecule has 3 heterocycles. The topological polar surface area (TPSA) is 81.0 Å². The summed E-state index contributed by atoms with van der Waals surface area (Å²) in [6.07, 6.45) is 2.45. The second-order valence-corrected chi connectivity index (χ2v) is 6.61. The molecular weight excluding hydrogens is 318 g/mol. The first-order chi connectivity index (χ1) is 12.1. The maximum atomic E-state index is 5.44. The van der Waals surface area contributed by atoms with Gasteiger partial charge in [-0.1, -0.05) is 20.8 Å². The molecule has 1 atom stereocenters. The predicted octanol–water partition coefficient (Wildman–Crippen LogP) is 1.81. The molecule has 8 heteroatoms. The van der Waals surface area contributed by atoms with Crippen molar-refractivity contribution >= 4 is 11.8 Å². The van der Waals surface area contributed by atoms with Gasteiger partial charge in [0, 0.05) is 31.9 Å². The van der Waals surface area contributed by atoms with Crippen LogP contribution in [-0.4, -0.2) is 51.0 Å². The van der Waals surface area contributed by atoms with E-state index in [1.807, 2.05) is 17.8 Å². The van der Waals surface area contributed by atoms with Crippen molar-refractivity contribution in [3.05, 3.63) is 23.9 Å². The number of aryl methyl sites for hydroxylation is 2. The predicted molar refractivity (Wildman–Crippen MR) is 96.6 cm³/mol. The molecule has 0 aromatic carbocycles. The van der Waals surface area contributed by atoms with Crippen molar-refractivity contribution in [2.75, 3.05) is 36.5 Å². The highest BCUT2D eigenvalue weighted by Crippen LogP contribution is 2.25. The summed E-state index contributed by atoms with van der Waals surface area (Å²) in [5.74, 6) is 2.84. The highest BCUT2D eigenvalue weighted by molar-refractivity contribution is 5.45. The van der Waals surface area contributed by atoms with Gasteiger partial charge in [0.25, 0.3) is 0 Å². The molecule has 1 fully saturated rings. The fourth-order valence-electron chi connectivity index (χ4n) is 2.92. The van der Waals surface area contributed by atoms with E-state index in [0.29, 0.717) is 5.92 Å². The Labute approximate surface area is 148 Å². The lowest BCUT2D eigenvalue weighted by molar-refractivity contribution is 0.122. The highest BCUT2D eigenvalue weighted by Gasteiger charge is 2.22. The van der Waals surface area contributed by atoms with Crippen molar-refractivity contribution in [2.45, 2.75) is 33.2 Å². The van der Waals surface area contributed by atoms with E-state index in [1.165, 1.54) is 0 Å². The van der Waals surface area contributed by atoms with Crippen LogP contribution >= 0.6 is 0 Å². The largest absolute Gasteiger partial charge is 0.378 e. The monoisotopic (exact) mass is 345 g/mol. The van der Waals surface area contributed by atoms with E-state index in [-0.39, 0.29) is 6.04 Å². The fourth-order valence-corrected chi connectivity index (χ4v) is 2.92. The average molecular weight is 345 g/mol. The van der Waals surface area contributed by atoms with Gasteiger partial charge in [-0.25, -0.2) is 9.97 Å². The van der Waals surface area contributed by atoms with E-state index in [4.69, 9.17) is 14.7 Å². The summed E-state index contributed by atoms with van der Waals surface area (Å²) in [4.78, 5) is 16.0. The summed E-state index contributed by atoms with van der Waals surface area (Å²) >= 11 is 0. The van der Waals surface area contributed by atoms with E-state index in [2.05, 4.69) is 41.1 Å². The number of anilines is 2. The van der Waals surface area contributed by atoms with Gasteiger partial charge in [-0.3, -0.25) is 4.68 Å². The second kappa shape index (κ2) is 7.77. The zero-order chi connectivity index (χ0) is 17.8. The minimum Gasteiger partial charge on any atom is -0.378 e. The van der Waals surface area contributed by atoms with Gasteiger partial charge in [-0.05, 0) is 12.3 Å². The molecule has 136 valence electrons. The molecule has 1 aliphatic rings. The van der Waals surface area contributed by atoms with Gasteiger partial charge < -0.3 is 15.0 Å². The third-order valence-corrected chi connectivity index (χ3v) is 4.42. The van der Waals surface area contributed by atoms with Crippen LogP contribution in [0.15, 0.2) is 12.4 Å². The van der Waals surface area contributed by atoms with Crippen LogP contribution in [0.4, 0.5) is 11.8 Å². The summed E-state index contributed by atoms with van der Waals surface area (Å²) in [7, 11) is 1.91. The first-order valence-electron chi connectivity index (χ1n) is 8.89. The van der Waals surface area contributed by atoms with Crippen LogP contribution in [0.5, 0.6) is 0 Å². The van der Waals surface area contributed by atoms with Gasteiger partial charge in [0.05, 0.1) is 19.3 Å². The maximum Gasteiger partial charge on any atom is 0.227 e. The molecular formula is C17H27N7O. The van der Waals surface area contributed by atoms with Crippen molar-refractivity contribution in [1.29, 1.82) is 0 Å². The maximum absolute atomic E-state index is 5.44.